The summed E-state index contributed by atoms with van der Waals surface area (Å²) in [7, 11) is 0. The number of carbonyl (C=O) groups excluding carboxylic acids is 1. The Morgan fingerprint density at radius 3 is 2.58 bits per heavy atom. The van der Waals surface area contributed by atoms with Gasteiger partial charge in [0.05, 0.1) is 6.42 Å². The molecule has 0 saturated carbocycles. The van der Waals surface area contributed by atoms with Crippen LogP contribution in [-0.2, 0) is 12.8 Å². The fraction of sp³-hybridized carbons (Fsp3) is 0.200. The lowest BCUT2D eigenvalue weighted by molar-refractivity contribution is 0.0991. The molecule has 0 aliphatic carbocycles. The molecule has 2 nitrogen and oxygen atoms in total. The van der Waals surface area contributed by atoms with E-state index in [-0.39, 0.29) is 5.78 Å². The van der Waals surface area contributed by atoms with Crippen LogP contribution in [0.3, 0.4) is 0 Å². The van der Waals surface area contributed by atoms with Gasteiger partial charge in [-0.3, -0.25) is 9.78 Å². The normalized spacial score (nSPS) is 10.5. The standard InChI is InChI=1S/C15H13Br2NO/c1-2-10-3-5-12(18-9-10)8-15(19)13-6-4-11(16)7-14(13)17/h3-7,9H,2,8H2,1H3. The predicted octanol–water partition coefficient (Wildman–Crippen LogP) is 4.59. The molecule has 2 rings (SSSR count). The van der Waals surface area contributed by atoms with Gasteiger partial charge in [-0.2, -0.15) is 0 Å². The quantitative estimate of drug-likeness (QED) is 0.723. The minimum absolute atomic E-state index is 0.0659. The SMILES string of the molecule is CCc1ccc(CC(=O)c2ccc(Br)cc2Br)nc1. The second-order valence-corrected chi connectivity index (χ2v) is 6.01. The zero-order valence-electron chi connectivity index (χ0n) is 10.5. The summed E-state index contributed by atoms with van der Waals surface area (Å²) < 4.78 is 1.75. The van der Waals surface area contributed by atoms with Gasteiger partial charge in [0.2, 0.25) is 0 Å². The smallest absolute Gasteiger partial charge is 0.169 e. The summed E-state index contributed by atoms with van der Waals surface area (Å²) in [6.07, 6.45) is 3.11. The van der Waals surface area contributed by atoms with Gasteiger partial charge < -0.3 is 0 Å². The Bertz CT molecular complexity index is 594. The Morgan fingerprint density at radius 1 is 1.21 bits per heavy atom. The second-order valence-electron chi connectivity index (χ2n) is 4.24. The largest absolute Gasteiger partial charge is 0.294 e. The number of halogens is 2. The van der Waals surface area contributed by atoms with Gasteiger partial charge in [0.15, 0.2) is 5.78 Å². The van der Waals surface area contributed by atoms with Crippen molar-refractivity contribution in [2.45, 2.75) is 19.8 Å². The number of carbonyl (C=O) groups is 1. The van der Waals surface area contributed by atoms with Crippen molar-refractivity contribution in [3.63, 3.8) is 0 Å². The van der Waals surface area contributed by atoms with Crippen molar-refractivity contribution in [3.8, 4) is 0 Å². The fourth-order valence-corrected chi connectivity index (χ4v) is 3.01. The highest BCUT2D eigenvalue weighted by Gasteiger charge is 2.11. The number of benzene rings is 1. The highest BCUT2D eigenvalue weighted by molar-refractivity contribution is 9.11. The van der Waals surface area contributed by atoms with Crippen molar-refractivity contribution in [1.29, 1.82) is 0 Å². The maximum Gasteiger partial charge on any atom is 0.169 e. The van der Waals surface area contributed by atoms with E-state index < -0.39 is 0 Å². The molecule has 0 aliphatic rings. The Labute approximate surface area is 129 Å². The summed E-state index contributed by atoms with van der Waals surface area (Å²) in [5.41, 5.74) is 2.67. The molecule has 0 N–H and O–H groups in total. The molecule has 0 fully saturated rings. The van der Waals surface area contributed by atoms with E-state index in [2.05, 4.69) is 43.8 Å². The van der Waals surface area contributed by atoms with Crippen LogP contribution in [0.15, 0.2) is 45.5 Å². The number of hydrogen-bond donors (Lipinski definition) is 0. The van der Waals surface area contributed by atoms with Crippen molar-refractivity contribution in [1.82, 2.24) is 4.98 Å². The molecule has 98 valence electrons. The maximum atomic E-state index is 12.2. The number of Topliss-reactive ketones (excluding diaryl/α,β-unsaturated/α-hetero) is 1. The molecule has 0 atom stereocenters. The van der Waals surface area contributed by atoms with Crippen LogP contribution in [0.2, 0.25) is 0 Å². The Hall–Kier alpha value is -1.000. The summed E-state index contributed by atoms with van der Waals surface area (Å²) in [5.74, 6) is 0.0659. The molecule has 0 amide bonds. The summed E-state index contributed by atoms with van der Waals surface area (Å²) in [6.45, 7) is 2.08. The van der Waals surface area contributed by atoms with Gasteiger partial charge in [-0.05, 0) is 36.2 Å². The number of ketones is 1. The molecule has 4 heteroatoms. The van der Waals surface area contributed by atoms with Gasteiger partial charge in [0.1, 0.15) is 0 Å². The molecule has 2 aromatic rings. The molecule has 0 radical (unpaired) electrons. The van der Waals surface area contributed by atoms with E-state index in [1.165, 1.54) is 5.56 Å². The molecule has 19 heavy (non-hydrogen) atoms. The van der Waals surface area contributed by atoms with E-state index in [1.807, 2.05) is 36.5 Å². The first-order valence-electron chi connectivity index (χ1n) is 6.02. The first kappa shape index (κ1) is 14.4. The number of rotatable bonds is 4. The first-order chi connectivity index (χ1) is 9.10. The number of aromatic nitrogens is 1. The zero-order chi connectivity index (χ0) is 13.8. The van der Waals surface area contributed by atoms with E-state index in [9.17, 15) is 4.79 Å². The van der Waals surface area contributed by atoms with E-state index in [0.717, 1.165) is 21.1 Å². The van der Waals surface area contributed by atoms with Crippen LogP contribution in [0, 0.1) is 0 Å². The van der Waals surface area contributed by atoms with Gasteiger partial charge in [0, 0.05) is 26.4 Å². The van der Waals surface area contributed by atoms with E-state index in [1.54, 1.807) is 0 Å². The number of nitrogens with zero attached hydrogens (tertiary/aromatic N) is 1. The predicted molar refractivity (Wildman–Crippen MR) is 83.5 cm³/mol. The molecule has 0 bridgehead atoms. The van der Waals surface area contributed by atoms with Crippen LogP contribution in [0.25, 0.3) is 0 Å². The molecule has 0 saturated heterocycles. The Morgan fingerprint density at radius 2 is 2.00 bits per heavy atom. The topological polar surface area (TPSA) is 30.0 Å². The molecule has 0 aliphatic heterocycles. The summed E-state index contributed by atoms with van der Waals surface area (Å²) in [6, 6.07) is 9.50. The Balaban J connectivity index is 2.15. The van der Waals surface area contributed by atoms with Crippen molar-refractivity contribution in [3.05, 3.63) is 62.3 Å². The van der Waals surface area contributed by atoms with Crippen LogP contribution < -0.4 is 0 Å². The lowest BCUT2D eigenvalue weighted by atomic mass is 10.1. The molecule has 0 unspecified atom stereocenters. The van der Waals surface area contributed by atoms with Crippen LogP contribution in [0.1, 0.15) is 28.5 Å². The van der Waals surface area contributed by atoms with Crippen molar-refractivity contribution in [2.75, 3.05) is 0 Å². The van der Waals surface area contributed by atoms with E-state index >= 15 is 0 Å². The zero-order valence-corrected chi connectivity index (χ0v) is 13.7. The summed E-state index contributed by atoms with van der Waals surface area (Å²) in [5, 5.41) is 0. The number of hydrogen-bond acceptors (Lipinski definition) is 2. The fourth-order valence-electron chi connectivity index (χ4n) is 1.74. The molecular formula is C15H13Br2NO. The highest BCUT2D eigenvalue weighted by Crippen LogP contribution is 2.23. The Kier molecular flexibility index (Phi) is 4.88. The van der Waals surface area contributed by atoms with Crippen molar-refractivity contribution in [2.24, 2.45) is 0 Å². The van der Waals surface area contributed by atoms with Crippen LogP contribution in [-0.4, -0.2) is 10.8 Å². The highest BCUT2D eigenvalue weighted by atomic mass is 79.9. The third-order valence-corrected chi connectivity index (χ3v) is 4.02. The number of aryl methyl sites for hydroxylation is 1. The molecule has 0 spiro atoms. The molecule has 1 aromatic heterocycles. The third kappa shape index (κ3) is 3.74. The van der Waals surface area contributed by atoms with Crippen LogP contribution in [0.4, 0.5) is 0 Å². The van der Waals surface area contributed by atoms with Crippen molar-refractivity contribution < 1.29 is 4.79 Å². The maximum absolute atomic E-state index is 12.2. The van der Waals surface area contributed by atoms with Gasteiger partial charge in [-0.1, -0.05) is 44.8 Å². The summed E-state index contributed by atoms with van der Waals surface area (Å²) >= 11 is 6.79. The third-order valence-electron chi connectivity index (χ3n) is 2.87. The van der Waals surface area contributed by atoms with Crippen LogP contribution in [0.5, 0.6) is 0 Å². The molecule has 1 aromatic carbocycles. The van der Waals surface area contributed by atoms with E-state index in [4.69, 9.17) is 0 Å². The van der Waals surface area contributed by atoms with Gasteiger partial charge >= 0.3 is 0 Å². The van der Waals surface area contributed by atoms with Gasteiger partial charge in [-0.15, -0.1) is 0 Å². The second kappa shape index (κ2) is 6.44. The lowest BCUT2D eigenvalue weighted by Crippen LogP contribution is -2.06. The van der Waals surface area contributed by atoms with E-state index in [0.29, 0.717) is 12.0 Å². The number of pyridine rings is 1. The van der Waals surface area contributed by atoms with Crippen molar-refractivity contribution >= 4 is 37.6 Å². The first-order valence-corrected chi connectivity index (χ1v) is 7.61. The average molecular weight is 383 g/mol. The monoisotopic (exact) mass is 381 g/mol. The molecular weight excluding hydrogens is 370 g/mol. The minimum atomic E-state index is 0.0659. The van der Waals surface area contributed by atoms with Crippen LogP contribution >= 0.6 is 31.9 Å². The van der Waals surface area contributed by atoms with Gasteiger partial charge in [-0.25, -0.2) is 0 Å². The molecule has 1 heterocycles. The lowest BCUT2D eigenvalue weighted by Gasteiger charge is -2.05. The summed E-state index contributed by atoms with van der Waals surface area (Å²) in [4.78, 5) is 16.5. The van der Waals surface area contributed by atoms with Gasteiger partial charge in [0.25, 0.3) is 0 Å². The minimum Gasteiger partial charge on any atom is -0.294 e. The average Bonchev–Trinajstić information content (AvgIpc) is 2.39.